The molecule has 2 N–H and O–H groups in total. The van der Waals surface area contributed by atoms with Crippen molar-refractivity contribution in [1.29, 1.82) is 0 Å². The average molecular weight is 412 g/mol. The summed E-state index contributed by atoms with van der Waals surface area (Å²) in [6, 6.07) is 21.9. The standard InChI is InChI=1S/C23H25NO4S/c25-23(19-9-2-1-3-10-19,20-13-15-28-16-14-20)17-24-29(26,27)22-12-6-8-18-7-4-5-11-21(18)22/h1-12,20,24-25H,13-17H2. The van der Waals surface area contributed by atoms with Gasteiger partial charge in [-0.25, -0.2) is 13.1 Å². The predicted octanol–water partition coefficient (Wildman–Crippen LogP) is 3.43. The molecule has 1 aliphatic heterocycles. The fraction of sp³-hybridized carbons (Fsp3) is 0.304. The minimum Gasteiger partial charge on any atom is -0.383 e. The number of aliphatic hydroxyl groups is 1. The monoisotopic (exact) mass is 411 g/mol. The zero-order valence-electron chi connectivity index (χ0n) is 16.1. The molecule has 29 heavy (non-hydrogen) atoms. The summed E-state index contributed by atoms with van der Waals surface area (Å²) in [7, 11) is -3.81. The molecule has 152 valence electrons. The Hall–Kier alpha value is -2.25. The normalized spacial score (nSPS) is 17.8. The highest BCUT2D eigenvalue weighted by atomic mass is 32.2. The van der Waals surface area contributed by atoms with Crippen LogP contribution in [0.25, 0.3) is 10.8 Å². The van der Waals surface area contributed by atoms with Gasteiger partial charge in [0, 0.05) is 25.1 Å². The van der Waals surface area contributed by atoms with Crippen LogP contribution in [0.15, 0.2) is 77.7 Å². The molecule has 0 aliphatic carbocycles. The van der Waals surface area contributed by atoms with E-state index in [0.717, 1.165) is 5.39 Å². The summed E-state index contributed by atoms with van der Waals surface area (Å²) in [6.45, 7) is 1.04. The van der Waals surface area contributed by atoms with Crippen molar-refractivity contribution in [3.63, 3.8) is 0 Å². The average Bonchev–Trinajstić information content (AvgIpc) is 2.78. The molecular formula is C23H25NO4S. The van der Waals surface area contributed by atoms with Gasteiger partial charge in [0.05, 0.1) is 4.90 Å². The quantitative estimate of drug-likeness (QED) is 0.652. The highest BCUT2D eigenvalue weighted by molar-refractivity contribution is 7.89. The first kappa shape index (κ1) is 20.0. The Balaban J connectivity index is 1.66. The number of rotatable bonds is 6. The summed E-state index contributed by atoms with van der Waals surface area (Å²) in [5, 5.41) is 13.2. The fourth-order valence-electron chi connectivity index (χ4n) is 4.10. The van der Waals surface area contributed by atoms with Gasteiger partial charge in [0.2, 0.25) is 10.0 Å². The second-order valence-corrected chi connectivity index (χ2v) is 9.21. The molecule has 1 atom stereocenters. The van der Waals surface area contributed by atoms with Crippen LogP contribution in [0.3, 0.4) is 0 Å². The van der Waals surface area contributed by atoms with E-state index in [-0.39, 0.29) is 17.4 Å². The molecule has 3 aromatic rings. The van der Waals surface area contributed by atoms with Crippen molar-refractivity contribution in [3.05, 3.63) is 78.4 Å². The van der Waals surface area contributed by atoms with Crippen molar-refractivity contribution >= 4 is 20.8 Å². The Morgan fingerprint density at radius 1 is 0.931 bits per heavy atom. The number of sulfonamides is 1. The van der Waals surface area contributed by atoms with Gasteiger partial charge in [-0.2, -0.15) is 0 Å². The molecule has 0 saturated carbocycles. The second kappa shape index (κ2) is 8.24. The van der Waals surface area contributed by atoms with Gasteiger partial charge in [0.25, 0.3) is 0 Å². The molecule has 4 rings (SSSR count). The maximum absolute atomic E-state index is 13.2. The van der Waals surface area contributed by atoms with E-state index in [1.807, 2.05) is 54.6 Å². The second-order valence-electron chi connectivity index (χ2n) is 7.48. The summed E-state index contributed by atoms with van der Waals surface area (Å²) in [4.78, 5) is 0.220. The molecule has 1 heterocycles. The van der Waals surface area contributed by atoms with Gasteiger partial charge in [0.1, 0.15) is 5.60 Å². The van der Waals surface area contributed by atoms with E-state index >= 15 is 0 Å². The van der Waals surface area contributed by atoms with Gasteiger partial charge in [-0.05, 0) is 35.8 Å². The summed E-state index contributed by atoms with van der Waals surface area (Å²) in [5.41, 5.74) is -0.588. The van der Waals surface area contributed by atoms with Gasteiger partial charge in [-0.15, -0.1) is 0 Å². The molecule has 0 bridgehead atoms. The molecule has 5 nitrogen and oxygen atoms in total. The smallest absolute Gasteiger partial charge is 0.241 e. The summed E-state index contributed by atoms with van der Waals surface area (Å²) in [5.74, 6) is -0.0890. The van der Waals surface area contributed by atoms with E-state index < -0.39 is 15.6 Å². The third kappa shape index (κ3) is 4.07. The Kier molecular flexibility index (Phi) is 5.69. The predicted molar refractivity (Wildman–Crippen MR) is 113 cm³/mol. The summed E-state index contributed by atoms with van der Waals surface area (Å²) in [6.07, 6.45) is 1.36. The number of benzene rings is 3. The van der Waals surface area contributed by atoms with Crippen LogP contribution >= 0.6 is 0 Å². The van der Waals surface area contributed by atoms with Crippen LogP contribution in [0.4, 0.5) is 0 Å². The minimum absolute atomic E-state index is 0.0890. The first-order valence-electron chi connectivity index (χ1n) is 9.84. The largest absolute Gasteiger partial charge is 0.383 e. The van der Waals surface area contributed by atoms with Gasteiger partial charge in [0.15, 0.2) is 0 Å². The lowest BCUT2D eigenvalue weighted by Gasteiger charge is -2.39. The zero-order valence-corrected chi connectivity index (χ0v) is 16.9. The molecule has 1 unspecified atom stereocenters. The van der Waals surface area contributed by atoms with Gasteiger partial charge in [-0.1, -0.05) is 66.7 Å². The number of nitrogens with one attached hydrogen (secondary N) is 1. The van der Waals surface area contributed by atoms with Crippen LogP contribution in [0.1, 0.15) is 18.4 Å². The topological polar surface area (TPSA) is 75.6 Å². The van der Waals surface area contributed by atoms with Crippen molar-refractivity contribution in [3.8, 4) is 0 Å². The number of hydrogen-bond acceptors (Lipinski definition) is 4. The van der Waals surface area contributed by atoms with E-state index in [0.29, 0.717) is 37.0 Å². The molecule has 1 aliphatic rings. The van der Waals surface area contributed by atoms with Crippen molar-refractivity contribution in [1.82, 2.24) is 4.72 Å². The van der Waals surface area contributed by atoms with E-state index in [1.54, 1.807) is 18.2 Å². The maximum Gasteiger partial charge on any atom is 0.241 e. The van der Waals surface area contributed by atoms with E-state index in [2.05, 4.69) is 4.72 Å². The molecule has 1 saturated heterocycles. The van der Waals surface area contributed by atoms with Crippen molar-refractivity contribution in [2.75, 3.05) is 19.8 Å². The molecule has 3 aromatic carbocycles. The molecule has 6 heteroatoms. The van der Waals surface area contributed by atoms with E-state index in [4.69, 9.17) is 4.74 Å². The molecule has 0 radical (unpaired) electrons. The number of fused-ring (bicyclic) bond motifs is 1. The third-order valence-electron chi connectivity index (χ3n) is 5.74. The first-order chi connectivity index (χ1) is 14.0. The Labute approximate surface area is 171 Å². The SMILES string of the molecule is O=S(=O)(NCC(O)(c1ccccc1)C1CCOCC1)c1cccc2ccccc12. The lowest BCUT2D eigenvalue weighted by atomic mass is 9.77. The van der Waals surface area contributed by atoms with Crippen LogP contribution in [-0.2, 0) is 20.4 Å². The van der Waals surface area contributed by atoms with Gasteiger partial charge < -0.3 is 9.84 Å². The molecular weight excluding hydrogens is 386 g/mol. The van der Waals surface area contributed by atoms with Crippen LogP contribution in [0.2, 0.25) is 0 Å². The summed E-state index contributed by atoms with van der Waals surface area (Å²) < 4.78 is 34.4. The first-order valence-corrected chi connectivity index (χ1v) is 11.3. The summed E-state index contributed by atoms with van der Waals surface area (Å²) >= 11 is 0. The molecule has 0 spiro atoms. The Morgan fingerprint density at radius 2 is 1.59 bits per heavy atom. The Bertz CT molecular complexity index is 1070. The molecule has 0 aromatic heterocycles. The highest BCUT2D eigenvalue weighted by Crippen LogP contribution is 2.36. The van der Waals surface area contributed by atoms with E-state index in [1.165, 1.54) is 0 Å². The van der Waals surface area contributed by atoms with Crippen LogP contribution < -0.4 is 4.72 Å². The third-order valence-corrected chi connectivity index (χ3v) is 7.20. The van der Waals surface area contributed by atoms with E-state index in [9.17, 15) is 13.5 Å². The number of ether oxygens (including phenoxy) is 1. The van der Waals surface area contributed by atoms with Crippen LogP contribution in [-0.4, -0.2) is 33.3 Å². The molecule has 1 fully saturated rings. The minimum atomic E-state index is -3.81. The molecule has 0 amide bonds. The maximum atomic E-state index is 13.2. The van der Waals surface area contributed by atoms with Crippen molar-refractivity contribution in [2.24, 2.45) is 5.92 Å². The fourth-order valence-corrected chi connectivity index (χ4v) is 5.40. The lowest BCUT2D eigenvalue weighted by molar-refractivity contribution is -0.0663. The number of hydrogen-bond donors (Lipinski definition) is 2. The van der Waals surface area contributed by atoms with Gasteiger partial charge >= 0.3 is 0 Å². The highest BCUT2D eigenvalue weighted by Gasteiger charge is 2.40. The lowest BCUT2D eigenvalue weighted by Crippen LogP contribution is -2.47. The van der Waals surface area contributed by atoms with Crippen LogP contribution in [0, 0.1) is 5.92 Å². The van der Waals surface area contributed by atoms with Crippen molar-refractivity contribution in [2.45, 2.75) is 23.3 Å². The Morgan fingerprint density at radius 3 is 2.34 bits per heavy atom. The zero-order chi connectivity index (χ0) is 20.3. The van der Waals surface area contributed by atoms with Crippen molar-refractivity contribution < 1.29 is 18.3 Å². The van der Waals surface area contributed by atoms with Crippen LogP contribution in [0.5, 0.6) is 0 Å². The van der Waals surface area contributed by atoms with Gasteiger partial charge in [-0.3, -0.25) is 0 Å².